The minimum atomic E-state index is -1.57. The Bertz CT molecular complexity index is 1550. The molecule has 0 saturated carbocycles. The van der Waals surface area contributed by atoms with E-state index in [1.54, 1.807) is 17.7 Å². The molecule has 3 nitrogen and oxygen atoms in total. The quantitative estimate of drug-likeness (QED) is 0.152. The molecular formula is C32H29F4N2O+. The number of ether oxygens (including phenoxy) is 1. The Morgan fingerprint density at radius 3 is 2.08 bits per heavy atom. The smallest absolute Gasteiger partial charge is 0.219 e. The van der Waals surface area contributed by atoms with Crippen LogP contribution in [0, 0.1) is 23.3 Å². The summed E-state index contributed by atoms with van der Waals surface area (Å²) < 4.78 is 66.6. The Morgan fingerprint density at radius 1 is 0.846 bits per heavy atom. The van der Waals surface area contributed by atoms with Crippen LogP contribution in [0.2, 0.25) is 0 Å². The molecule has 7 heteroatoms. The Hall–Kier alpha value is -4.13. The lowest BCUT2D eigenvalue weighted by atomic mass is 9.84. The van der Waals surface area contributed by atoms with Gasteiger partial charge in [0, 0.05) is 37.0 Å². The van der Waals surface area contributed by atoms with Gasteiger partial charge in [-0.25, -0.2) is 8.78 Å². The van der Waals surface area contributed by atoms with Gasteiger partial charge in [0.2, 0.25) is 23.0 Å². The summed E-state index contributed by atoms with van der Waals surface area (Å²) in [5.74, 6) is -7.22. The molecule has 200 valence electrons. The van der Waals surface area contributed by atoms with E-state index < -0.39 is 34.6 Å². The van der Waals surface area contributed by atoms with Crippen molar-refractivity contribution in [2.75, 3.05) is 26.1 Å². The van der Waals surface area contributed by atoms with Crippen LogP contribution in [-0.4, -0.2) is 21.2 Å². The molecule has 0 fully saturated rings. The Morgan fingerprint density at radius 2 is 1.49 bits per heavy atom. The third-order valence-corrected chi connectivity index (χ3v) is 7.28. The van der Waals surface area contributed by atoms with Crippen molar-refractivity contribution in [2.45, 2.75) is 19.3 Å². The molecule has 0 atom stereocenters. The number of benzene rings is 3. The second-order valence-corrected chi connectivity index (χ2v) is 9.87. The van der Waals surface area contributed by atoms with E-state index in [0.29, 0.717) is 0 Å². The van der Waals surface area contributed by atoms with Crippen LogP contribution >= 0.6 is 0 Å². The third-order valence-electron chi connectivity index (χ3n) is 7.28. The summed E-state index contributed by atoms with van der Waals surface area (Å²) in [5, 5.41) is 0. The highest BCUT2D eigenvalue weighted by Crippen LogP contribution is 2.41. The number of hydrogen-bond acceptors (Lipinski definition) is 2. The summed E-state index contributed by atoms with van der Waals surface area (Å²) in [6.45, 7) is 0. The molecule has 1 aliphatic rings. The summed E-state index contributed by atoms with van der Waals surface area (Å²) in [5.41, 5.74) is 5.70. The van der Waals surface area contributed by atoms with Gasteiger partial charge >= 0.3 is 0 Å². The van der Waals surface area contributed by atoms with Gasteiger partial charge in [0.25, 0.3) is 0 Å². The van der Waals surface area contributed by atoms with E-state index in [1.807, 2.05) is 73.6 Å². The predicted octanol–water partition coefficient (Wildman–Crippen LogP) is 7.35. The average Bonchev–Trinajstić information content (AvgIpc) is 2.94. The standard InChI is InChI=1S/C32H29F4N2O/c1-37(2)22-15-13-19(14-16-22)17-21-11-8-12-23-24(20-9-6-5-7-10-20)18-25(38(3)31(21)23)26-27(33)29(35)32(39-4)30(36)28(26)34/h5-7,9-10,13-18H,8,11-12H2,1-4H3/q+1. The van der Waals surface area contributed by atoms with Crippen LogP contribution in [0.5, 0.6) is 5.75 Å². The summed E-state index contributed by atoms with van der Waals surface area (Å²) in [6, 6.07) is 19.2. The van der Waals surface area contributed by atoms with Crippen LogP contribution < -0.4 is 14.2 Å². The third kappa shape index (κ3) is 4.67. The monoisotopic (exact) mass is 533 g/mol. The molecule has 39 heavy (non-hydrogen) atoms. The van der Waals surface area contributed by atoms with Gasteiger partial charge in [-0.15, -0.1) is 0 Å². The van der Waals surface area contributed by atoms with Crippen LogP contribution in [0.1, 0.15) is 29.7 Å². The molecule has 0 saturated heterocycles. The van der Waals surface area contributed by atoms with Crippen molar-refractivity contribution in [3.63, 3.8) is 0 Å². The zero-order valence-corrected chi connectivity index (χ0v) is 22.3. The van der Waals surface area contributed by atoms with Gasteiger partial charge in [-0.2, -0.15) is 13.3 Å². The summed E-state index contributed by atoms with van der Waals surface area (Å²) in [6.07, 6.45) is 4.45. The van der Waals surface area contributed by atoms with E-state index in [1.165, 1.54) is 0 Å². The van der Waals surface area contributed by atoms with Crippen LogP contribution in [-0.2, 0) is 13.5 Å². The molecule has 1 aromatic heterocycles. The molecule has 5 rings (SSSR count). The van der Waals surface area contributed by atoms with E-state index in [2.05, 4.69) is 10.8 Å². The van der Waals surface area contributed by atoms with Crippen LogP contribution in [0.3, 0.4) is 0 Å². The number of nitrogens with zero attached hydrogens (tertiary/aromatic N) is 2. The summed E-state index contributed by atoms with van der Waals surface area (Å²) in [7, 11) is 6.59. The predicted molar refractivity (Wildman–Crippen MR) is 146 cm³/mol. The second-order valence-electron chi connectivity index (χ2n) is 9.87. The van der Waals surface area contributed by atoms with Gasteiger partial charge in [-0.1, -0.05) is 42.5 Å². The van der Waals surface area contributed by atoms with Gasteiger partial charge < -0.3 is 9.64 Å². The van der Waals surface area contributed by atoms with Gasteiger partial charge in [-0.3, -0.25) is 0 Å². The largest absolute Gasteiger partial charge is 0.491 e. The first-order valence-electron chi connectivity index (χ1n) is 12.7. The highest BCUT2D eigenvalue weighted by Gasteiger charge is 2.35. The zero-order chi connectivity index (χ0) is 27.8. The van der Waals surface area contributed by atoms with E-state index in [0.717, 1.165) is 65.6 Å². The molecule has 1 heterocycles. The number of aromatic nitrogens is 1. The minimum Gasteiger partial charge on any atom is -0.491 e. The van der Waals surface area contributed by atoms with E-state index in [9.17, 15) is 8.78 Å². The lowest BCUT2D eigenvalue weighted by Gasteiger charge is -2.22. The molecule has 0 aliphatic heterocycles. The first kappa shape index (κ1) is 26.5. The second kappa shape index (κ2) is 10.6. The van der Waals surface area contributed by atoms with Gasteiger partial charge in [0.05, 0.1) is 7.11 Å². The van der Waals surface area contributed by atoms with Crippen LogP contribution in [0.4, 0.5) is 23.2 Å². The zero-order valence-electron chi connectivity index (χ0n) is 22.3. The minimum absolute atomic E-state index is 0.0267. The Balaban J connectivity index is 1.80. The molecular weight excluding hydrogens is 504 g/mol. The normalized spacial score (nSPS) is 13.9. The van der Waals surface area contributed by atoms with Crippen molar-refractivity contribution >= 4 is 17.3 Å². The number of rotatable bonds is 5. The number of fused-ring (bicyclic) bond motifs is 1. The lowest BCUT2D eigenvalue weighted by molar-refractivity contribution is -0.663. The molecule has 0 spiro atoms. The molecule has 1 aliphatic carbocycles. The van der Waals surface area contributed by atoms with Gasteiger partial charge in [0.1, 0.15) is 12.6 Å². The van der Waals surface area contributed by atoms with Crippen molar-refractivity contribution < 1.29 is 26.9 Å². The maximum atomic E-state index is 15.4. The fourth-order valence-corrected chi connectivity index (χ4v) is 5.35. The molecule has 0 bridgehead atoms. The van der Waals surface area contributed by atoms with Gasteiger partial charge in [-0.05, 0) is 54.2 Å². The molecule has 0 N–H and O–H groups in total. The fraction of sp³-hybridized carbons (Fsp3) is 0.219. The molecule has 3 aromatic carbocycles. The lowest BCUT2D eigenvalue weighted by Crippen LogP contribution is -2.39. The maximum absolute atomic E-state index is 15.4. The number of methoxy groups -OCH3 is 1. The topological polar surface area (TPSA) is 16.4 Å². The number of anilines is 1. The highest BCUT2D eigenvalue weighted by molar-refractivity contribution is 5.85. The van der Waals surface area contributed by atoms with Crippen LogP contribution in [0.25, 0.3) is 34.0 Å². The number of hydrogen-bond donors (Lipinski definition) is 0. The maximum Gasteiger partial charge on any atom is 0.219 e. The SMILES string of the molecule is COc1c(F)c(F)c(-c2cc(-c3ccccc3)c3c([n+]2C)C(=Cc2ccc(N(C)C)cc2)CCC3)c(F)c1F. The molecule has 4 aromatic rings. The fourth-order valence-electron chi connectivity index (χ4n) is 5.35. The van der Waals surface area contributed by atoms with Crippen molar-refractivity contribution in [3.8, 4) is 28.1 Å². The first-order valence-corrected chi connectivity index (χ1v) is 12.7. The number of allylic oxidation sites excluding steroid dienone is 1. The Labute approximate surface area is 225 Å². The molecule has 0 unspecified atom stereocenters. The van der Waals surface area contributed by atoms with Crippen molar-refractivity contribution in [2.24, 2.45) is 7.05 Å². The first-order chi connectivity index (χ1) is 18.7. The highest BCUT2D eigenvalue weighted by atomic mass is 19.2. The average molecular weight is 534 g/mol. The summed E-state index contributed by atoms with van der Waals surface area (Å²) >= 11 is 0. The number of halogens is 4. The van der Waals surface area contributed by atoms with Crippen molar-refractivity contribution in [3.05, 3.63) is 101 Å². The molecule has 0 radical (unpaired) electrons. The molecule has 0 amide bonds. The number of pyridine rings is 1. The van der Waals surface area contributed by atoms with E-state index in [4.69, 9.17) is 0 Å². The summed E-state index contributed by atoms with van der Waals surface area (Å²) in [4.78, 5) is 2.02. The van der Waals surface area contributed by atoms with Gasteiger partial charge in [0.15, 0.2) is 17.4 Å². The van der Waals surface area contributed by atoms with Crippen molar-refractivity contribution in [1.29, 1.82) is 0 Å². The van der Waals surface area contributed by atoms with Crippen LogP contribution in [0.15, 0.2) is 60.7 Å². The Kier molecular flexibility index (Phi) is 7.17. The van der Waals surface area contributed by atoms with E-state index in [-0.39, 0.29) is 5.69 Å². The van der Waals surface area contributed by atoms with E-state index >= 15 is 8.78 Å². The van der Waals surface area contributed by atoms with Crippen molar-refractivity contribution in [1.82, 2.24) is 0 Å².